The Morgan fingerprint density at radius 2 is 1.52 bits per heavy atom. The van der Waals surface area contributed by atoms with Crippen LogP contribution in [0.5, 0.6) is 11.5 Å². The van der Waals surface area contributed by atoms with Crippen LogP contribution in [0.3, 0.4) is 0 Å². The molecule has 0 heterocycles. The van der Waals surface area contributed by atoms with Gasteiger partial charge in [0.25, 0.3) is 0 Å². The second-order valence-electron chi connectivity index (χ2n) is 10.1. The lowest BCUT2D eigenvalue weighted by Gasteiger charge is -2.28. The van der Waals surface area contributed by atoms with Crippen molar-refractivity contribution < 1.29 is 19.7 Å². The molecule has 1 amide bonds. The van der Waals surface area contributed by atoms with Gasteiger partial charge in [-0.2, -0.15) is 0 Å². The first-order valence-corrected chi connectivity index (χ1v) is 10.8. The van der Waals surface area contributed by atoms with E-state index in [0.717, 1.165) is 28.0 Å². The van der Waals surface area contributed by atoms with Gasteiger partial charge in [-0.05, 0) is 51.6 Å². The summed E-state index contributed by atoms with van der Waals surface area (Å²) in [6, 6.07) is 11.1. The van der Waals surface area contributed by atoms with Gasteiger partial charge in [0.2, 0.25) is 5.91 Å². The van der Waals surface area contributed by atoms with Crippen molar-refractivity contribution in [3.8, 4) is 11.5 Å². The molecule has 0 aliphatic heterocycles. The standard InChI is InChI=1S/C26H37NO4/c1-25(2,3)20-14-17(15-21(24(20)30)26(4,5)6)8-13-23(29)27-16-22(28)18-9-11-19(31-7)12-10-18/h9-12,14-15,22,28,30H,8,13,16H2,1-7H3,(H,27,29). The zero-order valence-electron chi connectivity index (χ0n) is 19.9. The molecule has 0 radical (unpaired) electrons. The summed E-state index contributed by atoms with van der Waals surface area (Å²) in [4.78, 5) is 12.4. The van der Waals surface area contributed by atoms with Gasteiger partial charge >= 0.3 is 0 Å². The first-order chi connectivity index (χ1) is 14.3. The molecule has 2 aromatic rings. The van der Waals surface area contributed by atoms with E-state index in [1.807, 2.05) is 12.1 Å². The fourth-order valence-electron chi connectivity index (χ4n) is 3.48. The van der Waals surface area contributed by atoms with Crippen LogP contribution >= 0.6 is 0 Å². The van der Waals surface area contributed by atoms with E-state index in [0.29, 0.717) is 18.6 Å². The molecule has 170 valence electrons. The Balaban J connectivity index is 2.03. The van der Waals surface area contributed by atoms with Crippen molar-refractivity contribution >= 4 is 5.91 Å². The fourth-order valence-corrected chi connectivity index (χ4v) is 3.48. The summed E-state index contributed by atoms with van der Waals surface area (Å²) in [5.41, 5.74) is 3.13. The van der Waals surface area contributed by atoms with Gasteiger partial charge in [-0.1, -0.05) is 65.8 Å². The second-order valence-corrected chi connectivity index (χ2v) is 10.1. The molecule has 1 unspecified atom stereocenters. The maximum absolute atomic E-state index is 12.4. The Morgan fingerprint density at radius 1 is 1.00 bits per heavy atom. The van der Waals surface area contributed by atoms with Gasteiger partial charge in [-0.15, -0.1) is 0 Å². The number of phenols is 1. The number of hydrogen-bond donors (Lipinski definition) is 3. The average Bonchev–Trinajstić information content (AvgIpc) is 2.69. The number of hydrogen-bond acceptors (Lipinski definition) is 4. The summed E-state index contributed by atoms with van der Waals surface area (Å²) in [6.07, 6.45) is 0.105. The maximum Gasteiger partial charge on any atom is 0.220 e. The second kappa shape index (κ2) is 9.73. The summed E-state index contributed by atoms with van der Waals surface area (Å²) < 4.78 is 5.12. The van der Waals surface area contributed by atoms with Crippen molar-refractivity contribution in [2.75, 3.05) is 13.7 Å². The lowest BCUT2D eigenvalue weighted by molar-refractivity contribution is -0.121. The molecule has 2 aromatic carbocycles. The SMILES string of the molecule is COc1ccc(C(O)CNC(=O)CCc2cc(C(C)(C)C)c(O)c(C(C)(C)C)c2)cc1. The Labute approximate surface area is 186 Å². The highest BCUT2D eigenvalue weighted by atomic mass is 16.5. The first kappa shape index (κ1) is 24.7. The normalized spacial score (nSPS) is 13.0. The number of rotatable bonds is 7. The number of aryl methyl sites for hydroxylation is 1. The molecule has 5 nitrogen and oxygen atoms in total. The molecule has 0 spiro atoms. The molecule has 31 heavy (non-hydrogen) atoms. The van der Waals surface area contributed by atoms with Gasteiger partial charge in [0, 0.05) is 13.0 Å². The minimum absolute atomic E-state index is 0.116. The summed E-state index contributed by atoms with van der Waals surface area (Å²) in [7, 11) is 1.59. The molecule has 1 atom stereocenters. The van der Waals surface area contributed by atoms with Crippen LogP contribution in [0.1, 0.15) is 76.3 Å². The lowest BCUT2D eigenvalue weighted by atomic mass is 9.78. The largest absolute Gasteiger partial charge is 0.507 e. The third-order valence-electron chi connectivity index (χ3n) is 5.42. The number of ether oxygens (including phenoxy) is 1. The predicted molar refractivity (Wildman–Crippen MR) is 125 cm³/mol. The first-order valence-electron chi connectivity index (χ1n) is 10.8. The summed E-state index contributed by atoms with van der Waals surface area (Å²) in [5, 5.41) is 24.0. The number of aromatic hydroxyl groups is 1. The van der Waals surface area contributed by atoms with Crippen molar-refractivity contribution in [3.05, 3.63) is 58.7 Å². The van der Waals surface area contributed by atoms with Crippen LogP contribution in [0.25, 0.3) is 0 Å². The fraction of sp³-hybridized carbons (Fsp3) is 0.500. The van der Waals surface area contributed by atoms with Gasteiger partial charge in [0.1, 0.15) is 11.5 Å². The average molecular weight is 428 g/mol. The smallest absolute Gasteiger partial charge is 0.220 e. The molecule has 0 aliphatic carbocycles. The summed E-state index contributed by atoms with van der Waals surface area (Å²) in [5.74, 6) is 0.948. The molecule has 0 saturated heterocycles. The summed E-state index contributed by atoms with van der Waals surface area (Å²) >= 11 is 0. The van der Waals surface area contributed by atoms with Crippen LogP contribution in [0, 0.1) is 0 Å². The molecule has 0 saturated carbocycles. The van der Waals surface area contributed by atoms with Crippen LogP contribution in [0.15, 0.2) is 36.4 Å². The number of amides is 1. The maximum atomic E-state index is 12.4. The molecule has 3 N–H and O–H groups in total. The van der Waals surface area contributed by atoms with Crippen LogP contribution in [0.2, 0.25) is 0 Å². The van der Waals surface area contributed by atoms with E-state index in [2.05, 4.69) is 46.9 Å². The molecule has 2 rings (SSSR count). The number of aliphatic hydroxyl groups is 1. The highest BCUT2D eigenvalue weighted by Gasteiger charge is 2.26. The van der Waals surface area contributed by atoms with E-state index in [-0.39, 0.29) is 23.3 Å². The number of methoxy groups -OCH3 is 1. The van der Waals surface area contributed by atoms with E-state index < -0.39 is 6.10 Å². The van der Waals surface area contributed by atoms with E-state index in [9.17, 15) is 15.0 Å². The van der Waals surface area contributed by atoms with Gasteiger partial charge in [0.15, 0.2) is 0 Å². The van der Waals surface area contributed by atoms with Gasteiger partial charge in [-0.25, -0.2) is 0 Å². The minimum Gasteiger partial charge on any atom is -0.507 e. The molecule has 5 heteroatoms. The zero-order chi connectivity index (χ0) is 23.4. The molecule has 0 fully saturated rings. The third-order valence-corrected chi connectivity index (χ3v) is 5.42. The Kier molecular flexibility index (Phi) is 7.77. The predicted octanol–water partition coefficient (Wildman–Crippen LogP) is 4.78. The van der Waals surface area contributed by atoms with Gasteiger partial charge < -0.3 is 20.3 Å². The van der Waals surface area contributed by atoms with Crippen molar-refractivity contribution in [2.24, 2.45) is 0 Å². The highest BCUT2D eigenvalue weighted by molar-refractivity contribution is 5.76. The van der Waals surface area contributed by atoms with Gasteiger partial charge in [0.05, 0.1) is 13.2 Å². The van der Waals surface area contributed by atoms with E-state index in [1.54, 1.807) is 31.4 Å². The Morgan fingerprint density at radius 3 is 1.97 bits per heavy atom. The van der Waals surface area contributed by atoms with Crippen molar-refractivity contribution in [2.45, 2.75) is 71.3 Å². The number of nitrogens with one attached hydrogen (secondary N) is 1. The van der Waals surface area contributed by atoms with E-state index in [1.165, 1.54) is 0 Å². The monoisotopic (exact) mass is 427 g/mol. The Hall–Kier alpha value is -2.53. The quantitative estimate of drug-likeness (QED) is 0.594. The van der Waals surface area contributed by atoms with Crippen molar-refractivity contribution in [3.63, 3.8) is 0 Å². The molecule has 0 aromatic heterocycles. The molecule has 0 bridgehead atoms. The third kappa shape index (κ3) is 6.73. The van der Waals surface area contributed by atoms with Crippen LogP contribution < -0.4 is 10.1 Å². The number of carbonyl (C=O) groups excluding carboxylic acids is 1. The van der Waals surface area contributed by atoms with Crippen molar-refractivity contribution in [1.29, 1.82) is 0 Å². The van der Waals surface area contributed by atoms with E-state index >= 15 is 0 Å². The number of phenolic OH excluding ortho intramolecular Hbond substituents is 1. The van der Waals surface area contributed by atoms with Crippen LogP contribution in [0.4, 0.5) is 0 Å². The van der Waals surface area contributed by atoms with Crippen LogP contribution in [-0.2, 0) is 22.0 Å². The highest BCUT2D eigenvalue weighted by Crippen LogP contribution is 2.40. The molecular formula is C26H37NO4. The topological polar surface area (TPSA) is 78.8 Å². The molecular weight excluding hydrogens is 390 g/mol. The Bertz CT molecular complexity index is 854. The zero-order valence-corrected chi connectivity index (χ0v) is 19.9. The van der Waals surface area contributed by atoms with Crippen LogP contribution in [-0.4, -0.2) is 29.8 Å². The lowest BCUT2D eigenvalue weighted by Crippen LogP contribution is -2.28. The minimum atomic E-state index is -0.775. The number of aliphatic hydroxyl groups excluding tert-OH is 1. The number of carbonyl (C=O) groups is 1. The number of benzene rings is 2. The summed E-state index contributed by atoms with van der Waals surface area (Å²) in [6.45, 7) is 12.6. The van der Waals surface area contributed by atoms with Crippen molar-refractivity contribution in [1.82, 2.24) is 5.32 Å². The van der Waals surface area contributed by atoms with Gasteiger partial charge in [-0.3, -0.25) is 4.79 Å². The molecule has 0 aliphatic rings. The van der Waals surface area contributed by atoms with E-state index in [4.69, 9.17) is 4.74 Å².